The molecule has 0 aromatic heterocycles. The highest BCUT2D eigenvalue weighted by Gasteiger charge is 2.11. The van der Waals surface area contributed by atoms with Crippen molar-refractivity contribution in [2.24, 2.45) is 0 Å². The highest BCUT2D eigenvalue weighted by atomic mass is 14.9. The van der Waals surface area contributed by atoms with E-state index in [1.807, 2.05) is 6.07 Å². The van der Waals surface area contributed by atoms with E-state index >= 15 is 0 Å². The van der Waals surface area contributed by atoms with Crippen molar-refractivity contribution in [3.8, 4) is 0 Å². The van der Waals surface area contributed by atoms with Gasteiger partial charge in [-0.25, -0.2) is 0 Å². The molecule has 0 aliphatic heterocycles. The molecule has 0 spiro atoms. The van der Waals surface area contributed by atoms with Crippen molar-refractivity contribution < 1.29 is 0 Å². The minimum Gasteiger partial charge on any atom is -0.397 e. The number of rotatable bonds is 3. The lowest BCUT2D eigenvalue weighted by Gasteiger charge is -2.19. The topological polar surface area (TPSA) is 38.0 Å². The third-order valence-corrected chi connectivity index (χ3v) is 3.85. The number of nitrogen functional groups attached to an aromatic ring is 1. The molecule has 0 saturated carbocycles. The second kappa shape index (κ2) is 5.58. The molecule has 20 heavy (non-hydrogen) atoms. The lowest BCUT2D eigenvalue weighted by Crippen LogP contribution is -2.03. The minimum atomic E-state index is 0.477. The number of hydrogen-bond acceptors (Lipinski definition) is 2. The molecule has 2 rings (SSSR count). The van der Waals surface area contributed by atoms with Crippen LogP contribution in [-0.2, 0) is 0 Å². The minimum absolute atomic E-state index is 0.477. The van der Waals surface area contributed by atoms with Crippen molar-refractivity contribution >= 4 is 17.1 Å². The van der Waals surface area contributed by atoms with Gasteiger partial charge in [0.1, 0.15) is 0 Å². The fraction of sp³-hybridized carbons (Fsp3) is 0.333. The maximum atomic E-state index is 6.15. The van der Waals surface area contributed by atoms with Crippen LogP contribution in [0.4, 0.5) is 17.1 Å². The van der Waals surface area contributed by atoms with Gasteiger partial charge in [-0.15, -0.1) is 0 Å². The SMILES string of the molecule is Cc1cc(N)c(Nc2c(C)cccc2C(C)C)cc1C. The van der Waals surface area contributed by atoms with E-state index in [0.717, 1.165) is 11.4 Å². The van der Waals surface area contributed by atoms with Crippen LogP contribution in [0.15, 0.2) is 30.3 Å². The van der Waals surface area contributed by atoms with Crippen molar-refractivity contribution in [2.45, 2.75) is 40.5 Å². The van der Waals surface area contributed by atoms with Crippen molar-refractivity contribution in [2.75, 3.05) is 11.1 Å². The Balaban J connectivity index is 2.47. The van der Waals surface area contributed by atoms with Gasteiger partial charge in [-0.2, -0.15) is 0 Å². The smallest absolute Gasteiger partial charge is 0.0620 e. The Hall–Kier alpha value is -1.96. The molecule has 0 heterocycles. The summed E-state index contributed by atoms with van der Waals surface area (Å²) in [5.41, 5.74) is 14.2. The number of nitrogens with one attached hydrogen (secondary N) is 1. The van der Waals surface area contributed by atoms with Gasteiger partial charge in [0, 0.05) is 5.69 Å². The molecule has 106 valence electrons. The summed E-state index contributed by atoms with van der Waals surface area (Å²) in [4.78, 5) is 0. The van der Waals surface area contributed by atoms with Gasteiger partial charge in [-0.1, -0.05) is 32.0 Å². The predicted octanol–water partition coefficient (Wildman–Crippen LogP) is 5.06. The van der Waals surface area contributed by atoms with Crippen LogP contribution in [0.5, 0.6) is 0 Å². The van der Waals surface area contributed by atoms with Crippen molar-refractivity contribution in [3.63, 3.8) is 0 Å². The molecule has 0 saturated heterocycles. The quantitative estimate of drug-likeness (QED) is 0.763. The standard InChI is InChI=1S/C18H24N2/c1-11(2)15-8-6-7-12(3)18(15)20-17-10-14(5)13(4)9-16(17)19/h6-11,20H,19H2,1-5H3. The lowest BCUT2D eigenvalue weighted by atomic mass is 9.97. The summed E-state index contributed by atoms with van der Waals surface area (Å²) in [6.45, 7) is 10.8. The normalized spacial score (nSPS) is 10.9. The van der Waals surface area contributed by atoms with Crippen LogP contribution in [0, 0.1) is 20.8 Å². The van der Waals surface area contributed by atoms with Crippen molar-refractivity contribution in [3.05, 3.63) is 52.6 Å². The highest BCUT2D eigenvalue weighted by molar-refractivity contribution is 5.77. The number of benzene rings is 2. The Morgan fingerprint density at radius 1 is 0.950 bits per heavy atom. The lowest BCUT2D eigenvalue weighted by molar-refractivity contribution is 0.867. The molecule has 2 aromatic rings. The Labute approximate surface area is 122 Å². The second-order valence-corrected chi connectivity index (χ2v) is 5.84. The third-order valence-electron chi connectivity index (χ3n) is 3.85. The molecule has 2 heteroatoms. The zero-order chi connectivity index (χ0) is 14.9. The molecule has 2 nitrogen and oxygen atoms in total. The van der Waals surface area contributed by atoms with E-state index in [-0.39, 0.29) is 0 Å². The molecule has 0 fully saturated rings. The average Bonchev–Trinajstić information content (AvgIpc) is 2.37. The summed E-state index contributed by atoms with van der Waals surface area (Å²) in [5, 5.41) is 3.53. The van der Waals surface area contributed by atoms with Crippen LogP contribution >= 0.6 is 0 Å². The summed E-state index contributed by atoms with van der Waals surface area (Å²) in [7, 11) is 0. The molecule has 0 atom stereocenters. The Bertz CT molecular complexity index is 628. The van der Waals surface area contributed by atoms with Crippen molar-refractivity contribution in [1.82, 2.24) is 0 Å². The Morgan fingerprint density at radius 2 is 1.60 bits per heavy atom. The van der Waals surface area contributed by atoms with Crippen LogP contribution in [0.1, 0.15) is 42.0 Å². The van der Waals surface area contributed by atoms with Gasteiger partial charge in [-0.05, 0) is 61.1 Å². The molecule has 2 aromatic carbocycles. The van der Waals surface area contributed by atoms with Crippen LogP contribution in [-0.4, -0.2) is 0 Å². The second-order valence-electron chi connectivity index (χ2n) is 5.84. The van der Waals surface area contributed by atoms with E-state index in [1.165, 1.54) is 27.9 Å². The van der Waals surface area contributed by atoms with E-state index in [4.69, 9.17) is 5.73 Å². The monoisotopic (exact) mass is 268 g/mol. The van der Waals surface area contributed by atoms with E-state index in [2.05, 4.69) is 64.2 Å². The highest BCUT2D eigenvalue weighted by Crippen LogP contribution is 2.33. The van der Waals surface area contributed by atoms with Crippen LogP contribution in [0.2, 0.25) is 0 Å². The summed E-state index contributed by atoms with van der Waals surface area (Å²) in [6.07, 6.45) is 0. The van der Waals surface area contributed by atoms with Gasteiger partial charge in [-0.3, -0.25) is 0 Å². The largest absolute Gasteiger partial charge is 0.397 e. The zero-order valence-corrected chi connectivity index (χ0v) is 13.0. The molecule has 0 bridgehead atoms. The van der Waals surface area contributed by atoms with E-state index in [1.54, 1.807) is 0 Å². The van der Waals surface area contributed by atoms with E-state index in [9.17, 15) is 0 Å². The maximum absolute atomic E-state index is 6.15. The van der Waals surface area contributed by atoms with Crippen molar-refractivity contribution in [1.29, 1.82) is 0 Å². The third kappa shape index (κ3) is 2.79. The number of aryl methyl sites for hydroxylation is 3. The molecule has 0 radical (unpaired) electrons. The summed E-state index contributed by atoms with van der Waals surface area (Å²) >= 11 is 0. The molecule has 0 aliphatic carbocycles. The number of nitrogens with two attached hydrogens (primary N) is 1. The fourth-order valence-electron chi connectivity index (χ4n) is 2.42. The number of hydrogen-bond donors (Lipinski definition) is 2. The molecular formula is C18H24N2. The van der Waals surface area contributed by atoms with Gasteiger partial charge < -0.3 is 11.1 Å². The van der Waals surface area contributed by atoms with Gasteiger partial charge in [0.2, 0.25) is 0 Å². The number of anilines is 3. The van der Waals surface area contributed by atoms with E-state index < -0.39 is 0 Å². The van der Waals surface area contributed by atoms with Gasteiger partial charge in [0.05, 0.1) is 11.4 Å². The first-order valence-electron chi connectivity index (χ1n) is 7.13. The van der Waals surface area contributed by atoms with E-state index in [0.29, 0.717) is 5.92 Å². The first kappa shape index (κ1) is 14.4. The summed E-state index contributed by atoms with van der Waals surface area (Å²) in [5.74, 6) is 0.477. The zero-order valence-electron chi connectivity index (χ0n) is 13.0. The van der Waals surface area contributed by atoms with Gasteiger partial charge in [0.15, 0.2) is 0 Å². The Morgan fingerprint density at radius 3 is 2.25 bits per heavy atom. The molecule has 0 unspecified atom stereocenters. The Kier molecular flexibility index (Phi) is 4.03. The molecule has 0 amide bonds. The maximum Gasteiger partial charge on any atom is 0.0620 e. The molecular weight excluding hydrogens is 244 g/mol. The van der Waals surface area contributed by atoms with Crippen LogP contribution < -0.4 is 11.1 Å². The first-order valence-corrected chi connectivity index (χ1v) is 7.13. The predicted molar refractivity (Wildman–Crippen MR) is 88.9 cm³/mol. The fourth-order valence-corrected chi connectivity index (χ4v) is 2.42. The summed E-state index contributed by atoms with van der Waals surface area (Å²) < 4.78 is 0. The number of para-hydroxylation sites is 1. The molecule has 0 aliphatic rings. The summed E-state index contributed by atoms with van der Waals surface area (Å²) in [6, 6.07) is 10.6. The first-order chi connectivity index (χ1) is 9.40. The van der Waals surface area contributed by atoms with Crippen LogP contribution in [0.25, 0.3) is 0 Å². The van der Waals surface area contributed by atoms with Gasteiger partial charge >= 0.3 is 0 Å². The average molecular weight is 268 g/mol. The van der Waals surface area contributed by atoms with Crippen LogP contribution in [0.3, 0.4) is 0 Å². The van der Waals surface area contributed by atoms with Gasteiger partial charge in [0.25, 0.3) is 0 Å². The molecule has 3 N–H and O–H groups in total.